The first-order chi connectivity index (χ1) is 10.0. The summed E-state index contributed by atoms with van der Waals surface area (Å²) in [6.45, 7) is 4.36. The molecule has 1 aromatic rings. The minimum atomic E-state index is 0.0345. The summed E-state index contributed by atoms with van der Waals surface area (Å²) in [6.07, 6.45) is 2.44. The number of ketones is 1. The second-order valence-electron chi connectivity index (χ2n) is 5.52. The fraction of sp³-hybridized carbons (Fsp3) is 0.500. The van der Waals surface area contributed by atoms with E-state index in [2.05, 4.69) is 26.1 Å². The van der Waals surface area contributed by atoms with Crippen molar-refractivity contribution in [3.63, 3.8) is 0 Å². The predicted octanol–water partition coefficient (Wildman–Crippen LogP) is 2.62. The van der Waals surface area contributed by atoms with Crippen molar-refractivity contribution >= 4 is 27.6 Å². The van der Waals surface area contributed by atoms with Crippen molar-refractivity contribution in [2.75, 3.05) is 19.6 Å². The number of carbonyl (C=O) groups excluding carboxylic acids is 2. The number of nitrogens with one attached hydrogen (secondary N) is 1. The lowest BCUT2D eigenvalue weighted by molar-refractivity contribution is -0.119. The van der Waals surface area contributed by atoms with Crippen LogP contribution in [-0.2, 0) is 4.79 Å². The van der Waals surface area contributed by atoms with E-state index in [1.165, 1.54) is 0 Å². The molecule has 1 aliphatic rings. The maximum Gasteiger partial charge on any atom is 0.217 e. The smallest absolute Gasteiger partial charge is 0.217 e. The number of hydrogen-bond donors (Lipinski definition) is 1. The Kier molecular flexibility index (Phi) is 5.94. The first-order valence-corrected chi connectivity index (χ1v) is 8.12. The van der Waals surface area contributed by atoms with Crippen LogP contribution in [0.3, 0.4) is 0 Å². The third-order valence-corrected chi connectivity index (χ3v) is 4.25. The molecule has 1 heterocycles. The highest BCUT2D eigenvalue weighted by atomic mass is 79.9. The highest BCUT2D eigenvalue weighted by molar-refractivity contribution is 9.10. The molecule has 0 radical (unpaired) electrons. The molecule has 1 saturated heterocycles. The van der Waals surface area contributed by atoms with Crippen molar-refractivity contribution in [2.24, 2.45) is 0 Å². The molecule has 1 fully saturated rings. The average molecular weight is 353 g/mol. The molecular weight excluding hydrogens is 332 g/mol. The Hall–Kier alpha value is -1.20. The van der Waals surface area contributed by atoms with E-state index in [9.17, 15) is 9.59 Å². The van der Waals surface area contributed by atoms with Crippen LogP contribution in [0.2, 0.25) is 0 Å². The number of rotatable bonds is 6. The molecule has 1 aromatic carbocycles. The van der Waals surface area contributed by atoms with Gasteiger partial charge < -0.3 is 10.2 Å². The van der Waals surface area contributed by atoms with Crippen LogP contribution < -0.4 is 5.32 Å². The van der Waals surface area contributed by atoms with Crippen LogP contribution in [0, 0.1) is 0 Å². The third kappa shape index (κ3) is 5.25. The van der Waals surface area contributed by atoms with E-state index in [0.717, 1.165) is 42.5 Å². The molecule has 1 unspecified atom stereocenters. The summed E-state index contributed by atoms with van der Waals surface area (Å²) in [6, 6.07) is 7.77. The van der Waals surface area contributed by atoms with Crippen molar-refractivity contribution in [1.29, 1.82) is 0 Å². The Labute approximate surface area is 134 Å². The zero-order valence-electron chi connectivity index (χ0n) is 12.3. The van der Waals surface area contributed by atoms with Gasteiger partial charge in [0.25, 0.3) is 0 Å². The van der Waals surface area contributed by atoms with E-state index in [-0.39, 0.29) is 17.7 Å². The standard InChI is InChI=1S/C16H21BrN2O2/c1-12(20)18-15-8-10-19(11-15)9-2-3-16(21)13-4-6-14(17)7-5-13/h4-7,15H,2-3,8-11H2,1H3,(H,18,20). The molecule has 0 bridgehead atoms. The number of benzene rings is 1. The van der Waals surface area contributed by atoms with Gasteiger partial charge in [-0.05, 0) is 31.5 Å². The highest BCUT2D eigenvalue weighted by Gasteiger charge is 2.22. The van der Waals surface area contributed by atoms with Gasteiger partial charge in [0.15, 0.2) is 5.78 Å². The molecule has 21 heavy (non-hydrogen) atoms. The van der Waals surface area contributed by atoms with Gasteiger partial charge in [0, 0.05) is 42.5 Å². The monoisotopic (exact) mass is 352 g/mol. The number of amides is 1. The third-order valence-electron chi connectivity index (χ3n) is 3.72. The van der Waals surface area contributed by atoms with Crippen LogP contribution >= 0.6 is 15.9 Å². The normalized spacial score (nSPS) is 18.7. The van der Waals surface area contributed by atoms with Gasteiger partial charge in [0.2, 0.25) is 5.91 Å². The van der Waals surface area contributed by atoms with Gasteiger partial charge in [-0.15, -0.1) is 0 Å². The molecule has 2 rings (SSSR count). The minimum absolute atomic E-state index is 0.0345. The first kappa shape index (κ1) is 16.2. The van der Waals surface area contributed by atoms with E-state index in [0.29, 0.717) is 6.42 Å². The number of carbonyl (C=O) groups is 2. The zero-order valence-corrected chi connectivity index (χ0v) is 13.9. The van der Waals surface area contributed by atoms with Crippen LogP contribution in [0.4, 0.5) is 0 Å². The number of Topliss-reactive ketones (excluding diaryl/α,β-unsaturated/α-hetero) is 1. The van der Waals surface area contributed by atoms with Crippen molar-refractivity contribution in [3.05, 3.63) is 34.3 Å². The first-order valence-electron chi connectivity index (χ1n) is 7.33. The zero-order chi connectivity index (χ0) is 15.2. The van der Waals surface area contributed by atoms with Crippen LogP contribution in [0.1, 0.15) is 36.5 Å². The second-order valence-corrected chi connectivity index (χ2v) is 6.44. The van der Waals surface area contributed by atoms with Gasteiger partial charge in [-0.3, -0.25) is 9.59 Å². The van der Waals surface area contributed by atoms with Gasteiger partial charge in [0.05, 0.1) is 0 Å². The number of nitrogens with zero attached hydrogens (tertiary/aromatic N) is 1. The molecule has 1 amide bonds. The molecule has 4 nitrogen and oxygen atoms in total. The summed E-state index contributed by atoms with van der Waals surface area (Å²) in [5, 5.41) is 2.95. The van der Waals surface area contributed by atoms with E-state index in [1.807, 2.05) is 24.3 Å². The fourth-order valence-electron chi connectivity index (χ4n) is 2.68. The number of likely N-dealkylation sites (tertiary alicyclic amines) is 1. The molecular formula is C16H21BrN2O2. The average Bonchev–Trinajstić information content (AvgIpc) is 2.86. The van der Waals surface area contributed by atoms with Gasteiger partial charge in [-0.1, -0.05) is 28.1 Å². The molecule has 0 aliphatic carbocycles. The molecule has 1 aliphatic heterocycles. The van der Waals surface area contributed by atoms with Crippen LogP contribution in [0.15, 0.2) is 28.7 Å². The maximum atomic E-state index is 12.0. The molecule has 0 aromatic heterocycles. The van der Waals surface area contributed by atoms with Crippen molar-refractivity contribution in [2.45, 2.75) is 32.2 Å². The Bertz CT molecular complexity index is 502. The molecule has 0 saturated carbocycles. The molecule has 0 spiro atoms. The largest absolute Gasteiger partial charge is 0.352 e. The van der Waals surface area contributed by atoms with Crippen LogP contribution in [0.25, 0.3) is 0 Å². The summed E-state index contributed by atoms with van der Waals surface area (Å²) < 4.78 is 0.986. The summed E-state index contributed by atoms with van der Waals surface area (Å²) in [7, 11) is 0. The Morgan fingerprint density at radius 1 is 1.33 bits per heavy atom. The van der Waals surface area contributed by atoms with Crippen molar-refractivity contribution in [3.8, 4) is 0 Å². The molecule has 1 N–H and O–H groups in total. The number of hydrogen-bond acceptors (Lipinski definition) is 3. The minimum Gasteiger partial charge on any atom is -0.352 e. The lowest BCUT2D eigenvalue weighted by Crippen LogP contribution is -2.35. The predicted molar refractivity (Wildman–Crippen MR) is 86.4 cm³/mol. The van der Waals surface area contributed by atoms with Crippen LogP contribution in [0.5, 0.6) is 0 Å². The lowest BCUT2D eigenvalue weighted by atomic mass is 10.1. The SMILES string of the molecule is CC(=O)NC1CCN(CCCC(=O)c2ccc(Br)cc2)C1. The van der Waals surface area contributed by atoms with Crippen LogP contribution in [-0.4, -0.2) is 42.3 Å². The van der Waals surface area contributed by atoms with Gasteiger partial charge >= 0.3 is 0 Å². The fourth-order valence-corrected chi connectivity index (χ4v) is 2.95. The Morgan fingerprint density at radius 3 is 2.71 bits per heavy atom. The summed E-state index contributed by atoms with van der Waals surface area (Å²) in [4.78, 5) is 25.4. The van der Waals surface area contributed by atoms with Crippen molar-refractivity contribution < 1.29 is 9.59 Å². The van der Waals surface area contributed by atoms with E-state index < -0.39 is 0 Å². The quantitative estimate of drug-likeness (QED) is 0.800. The van der Waals surface area contributed by atoms with E-state index in [1.54, 1.807) is 6.92 Å². The topological polar surface area (TPSA) is 49.4 Å². The Morgan fingerprint density at radius 2 is 2.05 bits per heavy atom. The maximum absolute atomic E-state index is 12.0. The Balaban J connectivity index is 1.69. The van der Waals surface area contributed by atoms with E-state index in [4.69, 9.17) is 0 Å². The summed E-state index contributed by atoms with van der Waals surface area (Å²) in [5.74, 6) is 0.229. The molecule has 1 atom stereocenters. The lowest BCUT2D eigenvalue weighted by Gasteiger charge is -2.15. The summed E-state index contributed by atoms with van der Waals surface area (Å²) in [5.41, 5.74) is 0.774. The summed E-state index contributed by atoms with van der Waals surface area (Å²) >= 11 is 3.37. The van der Waals surface area contributed by atoms with Gasteiger partial charge in [-0.25, -0.2) is 0 Å². The van der Waals surface area contributed by atoms with E-state index >= 15 is 0 Å². The molecule has 114 valence electrons. The highest BCUT2D eigenvalue weighted by Crippen LogP contribution is 2.14. The number of halogens is 1. The van der Waals surface area contributed by atoms with Gasteiger partial charge in [-0.2, -0.15) is 0 Å². The van der Waals surface area contributed by atoms with Crippen molar-refractivity contribution in [1.82, 2.24) is 10.2 Å². The second kappa shape index (κ2) is 7.71. The molecule has 5 heteroatoms. The van der Waals surface area contributed by atoms with Gasteiger partial charge in [0.1, 0.15) is 0 Å².